The molecule has 2 fully saturated rings. The number of aliphatic hydroxyl groups is 1. The van der Waals surface area contributed by atoms with E-state index in [-0.39, 0.29) is 5.92 Å². The maximum Gasteiger partial charge on any atom is 0.0893 e. The van der Waals surface area contributed by atoms with E-state index in [0.29, 0.717) is 18.0 Å². The quantitative estimate of drug-likeness (QED) is 0.735. The fourth-order valence-corrected chi connectivity index (χ4v) is 5.70. The topological polar surface area (TPSA) is 20.2 Å². The van der Waals surface area contributed by atoms with E-state index in [2.05, 4.69) is 26.2 Å². The van der Waals surface area contributed by atoms with Crippen LogP contribution in [-0.4, -0.2) is 35.8 Å². The largest absolute Gasteiger partial charge is 0.388 e. The molecule has 2 aliphatic heterocycles. The van der Waals surface area contributed by atoms with E-state index in [1.54, 1.807) is 0 Å². The van der Waals surface area contributed by atoms with Crippen molar-refractivity contribution in [2.75, 3.05) is 14.1 Å². The third-order valence-electron chi connectivity index (χ3n) is 7.09. The van der Waals surface area contributed by atoms with E-state index in [9.17, 15) is 5.11 Å². The molecule has 4 unspecified atom stereocenters. The van der Waals surface area contributed by atoms with Gasteiger partial charge in [0.2, 0.25) is 0 Å². The molecule has 2 aromatic rings. The van der Waals surface area contributed by atoms with E-state index in [1.807, 2.05) is 42.5 Å². The molecule has 3 heteroatoms. The first-order valence-electron chi connectivity index (χ1n) is 9.78. The van der Waals surface area contributed by atoms with E-state index in [1.165, 1.54) is 31.2 Å². The molecule has 4 atom stereocenters. The molecule has 0 saturated carbocycles. The Kier molecular flexibility index (Phi) is 4.85. The van der Waals surface area contributed by atoms with Gasteiger partial charge in [0.25, 0.3) is 0 Å². The highest BCUT2D eigenvalue weighted by Crippen LogP contribution is 2.50. The van der Waals surface area contributed by atoms with Crippen molar-refractivity contribution in [2.24, 2.45) is 5.92 Å². The average molecular weight is 371 g/mol. The first kappa shape index (κ1) is 18.0. The van der Waals surface area contributed by atoms with Gasteiger partial charge in [0, 0.05) is 36.6 Å². The van der Waals surface area contributed by atoms with Gasteiger partial charge in [0.05, 0.1) is 32.3 Å². The molecule has 2 aromatic carbocycles. The normalized spacial score (nSPS) is 29.3. The monoisotopic (exact) mass is 370 g/mol. The smallest absolute Gasteiger partial charge is 0.0893 e. The van der Waals surface area contributed by atoms with Gasteiger partial charge in [-0.05, 0) is 29.2 Å². The second-order valence-electron chi connectivity index (χ2n) is 8.68. The summed E-state index contributed by atoms with van der Waals surface area (Å²) in [5, 5.41) is 12.1. The van der Waals surface area contributed by atoms with Crippen LogP contribution in [0, 0.1) is 5.92 Å². The van der Waals surface area contributed by atoms with Crippen LogP contribution in [0.1, 0.15) is 48.8 Å². The van der Waals surface area contributed by atoms with Crippen molar-refractivity contribution in [2.45, 2.75) is 49.8 Å². The third-order valence-corrected chi connectivity index (χ3v) is 7.32. The number of benzene rings is 2. The highest BCUT2D eigenvalue weighted by atomic mass is 35.5. The average Bonchev–Trinajstić information content (AvgIpc) is 2.80. The summed E-state index contributed by atoms with van der Waals surface area (Å²) >= 11 is 6.31. The molecule has 0 radical (unpaired) electrons. The molecule has 2 bridgehead atoms. The second kappa shape index (κ2) is 6.99. The number of fused-ring (bicyclic) bond motifs is 2. The summed E-state index contributed by atoms with van der Waals surface area (Å²) in [5.74, 6) is 0.590. The number of piperidine rings is 1. The van der Waals surface area contributed by atoms with Crippen molar-refractivity contribution in [1.29, 1.82) is 0 Å². The standard InChI is InChI=1S/C23H29ClNO/c1-25(2)20-11-12-21(25)15-18(14-20)22(17-9-6-10-19(24)13-17)23(26)16-7-4-3-5-8-16/h3-10,13,18,20-23,26H,11-12,14-15H2,1-2H3/q+1. The number of aliphatic hydroxyl groups excluding tert-OH is 1. The van der Waals surface area contributed by atoms with Crippen LogP contribution in [0.4, 0.5) is 0 Å². The Morgan fingerprint density at radius 2 is 1.54 bits per heavy atom. The summed E-state index contributed by atoms with van der Waals surface area (Å²) in [5.41, 5.74) is 2.18. The van der Waals surface area contributed by atoms with Crippen LogP contribution < -0.4 is 0 Å². The minimum absolute atomic E-state index is 0.0968. The molecule has 0 aliphatic carbocycles. The van der Waals surface area contributed by atoms with Gasteiger partial charge in [-0.1, -0.05) is 54.1 Å². The van der Waals surface area contributed by atoms with E-state index in [0.717, 1.165) is 15.1 Å². The fraction of sp³-hybridized carbons (Fsp3) is 0.478. The Morgan fingerprint density at radius 3 is 2.15 bits per heavy atom. The van der Waals surface area contributed by atoms with Crippen LogP contribution >= 0.6 is 11.6 Å². The number of nitrogens with zero attached hydrogens (tertiary/aromatic N) is 1. The third kappa shape index (κ3) is 3.19. The van der Waals surface area contributed by atoms with Crippen molar-refractivity contribution in [3.8, 4) is 0 Å². The number of halogens is 1. The van der Waals surface area contributed by atoms with E-state index in [4.69, 9.17) is 11.6 Å². The lowest BCUT2D eigenvalue weighted by atomic mass is 9.73. The fourth-order valence-electron chi connectivity index (χ4n) is 5.50. The highest BCUT2D eigenvalue weighted by molar-refractivity contribution is 6.30. The van der Waals surface area contributed by atoms with Crippen molar-refractivity contribution in [3.05, 3.63) is 70.7 Å². The van der Waals surface area contributed by atoms with Crippen LogP contribution in [0.15, 0.2) is 54.6 Å². The first-order chi connectivity index (χ1) is 12.5. The minimum Gasteiger partial charge on any atom is -0.388 e. The van der Waals surface area contributed by atoms with E-state index < -0.39 is 6.10 Å². The van der Waals surface area contributed by atoms with Crippen molar-refractivity contribution in [3.63, 3.8) is 0 Å². The second-order valence-corrected chi connectivity index (χ2v) is 9.12. The zero-order valence-corrected chi connectivity index (χ0v) is 16.4. The molecule has 1 N–H and O–H groups in total. The summed E-state index contributed by atoms with van der Waals surface area (Å²) in [6, 6.07) is 19.7. The lowest BCUT2D eigenvalue weighted by molar-refractivity contribution is -0.931. The molecular weight excluding hydrogens is 342 g/mol. The van der Waals surface area contributed by atoms with Crippen LogP contribution in [0.2, 0.25) is 5.02 Å². The predicted molar refractivity (Wildman–Crippen MR) is 107 cm³/mol. The van der Waals surface area contributed by atoms with Gasteiger partial charge in [-0.15, -0.1) is 0 Å². The molecular formula is C23H29ClNO+. The maximum atomic E-state index is 11.4. The van der Waals surface area contributed by atoms with Crippen molar-refractivity contribution >= 4 is 11.6 Å². The summed E-state index contributed by atoms with van der Waals surface area (Å²) in [7, 11) is 4.78. The van der Waals surface area contributed by atoms with Gasteiger partial charge in [0.15, 0.2) is 0 Å². The molecule has 2 heterocycles. The van der Waals surface area contributed by atoms with Crippen LogP contribution in [0.25, 0.3) is 0 Å². The zero-order valence-electron chi connectivity index (χ0n) is 15.7. The molecule has 4 rings (SSSR count). The SMILES string of the molecule is C[N+]1(C)C2CCC1CC(C(c1cccc(Cl)c1)C(O)c1ccccc1)C2. The van der Waals surface area contributed by atoms with E-state index >= 15 is 0 Å². The number of rotatable bonds is 4. The Balaban J connectivity index is 1.70. The van der Waals surface area contributed by atoms with Crippen LogP contribution in [-0.2, 0) is 0 Å². The number of hydrogen-bond donors (Lipinski definition) is 1. The van der Waals surface area contributed by atoms with Crippen molar-refractivity contribution in [1.82, 2.24) is 0 Å². The molecule has 138 valence electrons. The van der Waals surface area contributed by atoms with Gasteiger partial charge in [-0.2, -0.15) is 0 Å². The molecule has 0 aromatic heterocycles. The predicted octanol–water partition coefficient (Wildman–Crippen LogP) is 5.17. The molecule has 0 amide bonds. The Bertz CT molecular complexity index is 744. The van der Waals surface area contributed by atoms with Gasteiger partial charge >= 0.3 is 0 Å². The lowest BCUT2D eigenvalue weighted by Gasteiger charge is -2.47. The summed E-state index contributed by atoms with van der Waals surface area (Å²) in [6.07, 6.45) is 4.51. The van der Waals surface area contributed by atoms with Gasteiger partial charge in [0.1, 0.15) is 0 Å². The highest BCUT2D eigenvalue weighted by Gasteiger charge is 2.51. The van der Waals surface area contributed by atoms with Crippen molar-refractivity contribution < 1.29 is 9.59 Å². The summed E-state index contributed by atoms with van der Waals surface area (Å²) in [4.78, 5) is 0. The van der Waals surface area contributed by atoms with Crippen LogP contribution in [0.3, 0.4) is 0 Å². The van der Waals surface area contributed by atoms with Gasteiger partial charge in [-0.25, -0.2) is 0 Å². The Hall–Kier alpha value is -1.35. The molecule has 2 aliphatic rings. The molecule has 26 heavy (non-hydrogen) atoms. The molecule has 0 spiro atoms. The number of hydrogen-bond acceptors (Lipinski definition) is 1. The van der Waals surface area contributed by atoms with Gasteiger partial charge in [-0.3, -0.25) is 0 Å². The number of quaternary nitrogens is 1. The maximum absolute atomic E-state index is 11.4. The minimum atomic E-state index is -0.493. The summed E-state index contributed by atoms with van der Waals surface area (Å²) < 4.78 is 1.15. The molecule has 2 saturated heterocycles. The molecule has 2 nitrogen and oxygen atoms in total. The zero-order chi connectivity index (χ0) is 18.3. The van der Waals surface area contributed by atoms with Gasteiger partial charge < -0.3 is 9.59 Å². The lowest BCUT2D eigenvalue weighted by Crippen LogP contribution is -2.55. The Labute approximate surface area is 162 Å². The Morgan fingerprint density at radius 1 is 0.923 bits per heavy atom. The van der Waals surface area contributed by atoms with Crippen LogP contribution in [0.5, 0.6) is 0 Å². The first-order valence-corrected chi connectivity index (χ1v) is 10.2. The summed E-state index contributed by atoms with van der Waals surface area (Å²) in [6.45, 7) is 0.